The van der Waals surface area contributed by atoms with Gasteiger partial charge in [0.25, 0.3) is 0 Å². The lowest BCUT2D eigenvalue weighted by Crippen LogP contribution is -2.13. The molecule has 2 aromatic carbocycles. The third kappa shape index (κ3) is 4.05. The summed E-state index contributed by atoms with van der Waals surface area (Å²) in [5, 5.41) is 3.21. The zero-order valence-electron chi connectivity index (χ0n) is 12.9. The summed E-state index contributed by atoms with van der Waals surface area (Å²) in [6.45, 7) is 8.13. The maximum atomic E-state index is 13.4. The van der Waals surface area contributed by atoms with Gasteiger partial charge in [-0.25, -0.2) is 4.39 Å². The lowest BCUT2D eigenvalue weighted by Gasteiger charge is -2.14. The van der Waals surface area contributed by atoms with E-state index in [-0.39, 0.29) is 5.82 Å². The Bertz CT molecular complexity index is 590. The molecule has 0 radical (unpaired) electrons. The van der Waals surface area contributed by atoms with E-state index in [0.29, 0.717) is 13.2 Å². The molecule has 0 fully saturated rings. The summed E-state index contributed by atoms with van der Waals surface area (Å²) < 4.78 is 19.3. The van der Waals surface area contributed by atoms with Gasteiger partial charge in [-0.3, -0.25) is 0 Å². The predicted molar refractivity (Wildman–Crippen MR) is 84.0 cm³/mol. The molecule has 2 rings (SSSR count). The number of aryl methyl sites for hydroxylation is 2. The summed E-state index contributed by atoms with van der Waals surface area (Å²) in [4.78, 5) is 0. The average Bonchev–Trinajstić information content (AvgIpc) is 2.46. The van der Waals surface area contributed by atoms with E-state index in [1.54, 1.807) is 6.07 Å². The standard InChI is InChI=1S/C18H22FNO/c1-4-20-11-15-10-16(19)8-9-18(15)21-12-17-13(2)6-5-7-14(17)3/h5-10,20H,4,11-12H2,1-3H3. The number of hydrogen-bond donors (Lipinski definition) is 1. The Morgan fingerprint density at radius 3 is 2.48 bits per heavy atom. The summed E-state index contributed by atoms with van der Waals surface area (Å²) >= 11 is 0. The van der Waals surface area contributed by atoms with Gasteiger partial charge in [0.1, 0.15) is 18.2 Å². The number of benzene rings is 2. The van der Waals surface area contributed by atoms with Crippen LogP contribution in [0.15, 0.2) is 36.4 Å². The van der Waals surface area contributed by atoms with Crippen molar-refractivity contribution in [1.82, 2.24) is 5.32 Å². The third-order valence-electron chi connectivity index (χ3n) is 3.60. The first-order valence-electron chi connectivity index (χ1n) is 7.29. The van der Waals surface area contributed by atoms with E-state index in [9.17, 15) is 4.39 Å². The molecule has 21 heavy (non-hydrogen) atoms. The van der Waals surface area contributed by atoms with E-state index in [1.807, 2.05) is 13.0 Å². The van der Waals surface area contributed by atoms with Crippen molar-refractivity contribution in [2.75, 3.05) is 6.54 Å². The second kappa shape index (κ2) is 7.23. The second-order valence-corrected chi connectivity index (χ2v) is 5.19. The van der Waals surface area contributed by atoms with Gasteiger partial charge in [0.05, 0.1) is 0 Å². The zero-order valence-corrected chi connectivity index (χ0v) is 12.9. The monoisotopic (exact) mass is 287 g/mol. The van der Waals surface area contributed by atoms with Crippen LogP contribution in [0.4, 0.5) is 4.39 Å². The van der Waals surface area contributed by atoms with Crippen LogP contribution in [0.2, 0.25) is 0 Å². The summed E-state index contributed by atoms with van der Waals surface area (Å²) in [7, 11) is 0. The van der Waals surface area contributed by atoms with Crippen molar-refractivity contribution in [2.45, 2.75) is 33.9 Å². The summed E-state index contributed by atoms with van der Waals surface area (Å²) in [6, 6.07) is 10.9. The first-order valence-corrected chi connectivity index (χ1v) is 7.29. The molecule has 0 unspecified atom stereocenters. The van der Waals surface area contributed by atoms with Gasteiger partial charge in [-0.05, 0) is 55.3 Å². The van der Waals surface area contributed by atoms with Crippen molar-refractivity contribution < 1.29 is 9.13 Å². The van der Waals surface area contributed by atoms with Crippen LogP contribution in [-0.2, 0) is 13.2 Å². The Kier molecular flexibility index (Phi) is 5.34. The first-order chi connectivity index (χ1) is 10.1. The zero-order chi connectivity index (χ0) is 15.2. The van der Waals surface area contributed by atoms with Crippen LogP contribution < -0.4 is 10.1 Å². The van der Waals surface area contributed by atoms with Crippen LogP contribution in [-0.4, -0.2) is 6.54 Å². The highest BCUT2D eigenvalue weighted by Gasteiger charge is 2.08. The molecule has 0 aromatic heterocycles. The second-order valence-electron chi connectivity index (χ2n) is 5.19. The van der Waals surface area contributed by atoms with Gasteiger partial charge in [0, 0.05) is 12.1 Å². The van der Waals surface area contributed by atoms with Crippen LogP contribution in [0.3, 0.4) is 0 Å². The highest BCUT2D eigenvalue weighted by molar-refractivity contribution is 5.36. The van der Waals surface area contributed by atoms with Crippen molar-refractivity contribution >= 4 is 0 Å². The molecule has 112 valence electrons. The molecule has 0 saturated heterocycles. The van der Waals surface area contributed by atoms with Gasteiger partial charge in [0.2, 0.25) is 0 Å². The number of ether oxygens (including phenoxy) is 1. The average molecular weight is 287 g/mol. The fourth-order valence-electron chi connectivity index (χ4n) is 2.31. The molecule has 0 aliphatic carbocycles. The highest BCUT2D eigenvalue weighted by atomic mass is 19.1. The van der Waals surface area contributed by atoms with Crippen molar-refractivity contribution in [3.05, 3.63) is 64.5 Å². The van der Waals surface area contributed by atoms with Gasteiger partial charge in [-0.1, -0.05) is 25.1 Å². The highest BCUT2D eigenvalue weighted by Crippen LogP contribution is 2.22. The molecule has 2 aromatic rings. The van der Waals surface area contributed by atoms with Crippen molar-refractivity contribution in [3.8, 4) is 5.75 Å². The molecule has 0 bridgehead atoms. The maximum absolute atomic E-state index is 13.4. The lowest BCUT2D eigenvalue weighted by atomic mass is 10.0. The van der Waals surface area contributed by atoms with E-state index in [0.717, 1.165) is 17.9 Å². The fraction of sp³-hybridized carbons (Fsp3) is 0.333. The molecule has 3 heteroatoms. The quantitative estimate of drug-likeness (QED) is 0.862. The van der Waals surface area contributed by atoms with E-state index < -0.39 is 0 Å². The summed E-state index contributed by atoms with van der Waals surface area (Å²) in [5.74, 6) is 0.502. The minimum absolute atomic E-state index is 0.234. The Hall–Kier alpha value is -1.87. The maximum Gasteiger partial charge on any atom is 0.124 e. The smallest absolute Gasteiger partial charge is 0.124 e. The molecule has 1 N–H and O–H groups in total. The van der Waals surface area contributed by atoms with Gasteiger partial charge >= 0.3 is 0 Å². The molecule has 0 aliphatic heterocycles. The number of nitrogens with one attached hydrogen (secondary N) is 1. The van der Waals surface area contributed by atoms with E-state index in [1.165, 1.54) is 28.8 Å². The predicted octanol–water partition coefficient (Wildman–Crippen LogP) is 4.13. The minimum atomic E-state index is -0.234. The van der Waals surface area contributed by atoms with Crippen LogP contribution >= 0.6 is 0 Å². The van der Waals surface area contributed by atoms with Crippen molar-refractivity contribution in [3.63, 3.8) is 0 Å². The largest absolute Gasteiger partial charge is 0.489 e. The first kappa shape index (κ1) is 15.5. The molecule has 0 amide bonds. The Morgan fingerprint density at radius 2 is 1.81 bits per heavy atom. The Morgan fingerprint density at radius 1 is 1.10 bits per heavy atom. The summed E-state index contributed by atoms with van der Waals surface area (Å²) in [6.07, 6.45) is 0. The van der Waals surface area contributed by atoms with Crippen LogP contribution in [0, 0.1) is 19.7 Å². The Balaban J connectivity index is 2.16. The van der Waals surface area contributed by atoms with Gasteiger partial charge in [0.15, 0.2) is 0 Å². The van der Waals surface area contributed by atoms with E-state index >= 15 is 0 Å². The normalized spacial score (nSPS) is 10.7. The fourth-order valence-corrected chi connectivity index (χ4v) is 2.31. The van der Waals surface area contributed by atoms with E-state index in [4.69, 9.17) is 4.74 Å². The van der Waals surface area contributed by atoms with Crippen molar-refractivity contribution in [2.24, 2.45) is 0 Å². The Labute approximate surface area is 126 Å². The minimum Gasteiger partial charge on any atom is -0.489 e. The molecule has 0 heterocycles. The molecule has 2 nitrogen and oxygen atoms in total. The lowest BCUT2D eigenvalue weighted by molar-refractivity contribution is 0.300. The molecule has 0 spiro atoms. The van der Waals surface area contributed by atoms with Crippen molar-refractivity contribution in [1.29, 1.82) is 0 Å². The molecule has 0 aliphatic rings. The molecule has 0 atom stereocenters. The topological polar surface area (TPSA) is 21.3 Å². The number of rotatable bonds is 6. The SMILES string of the molecule is CCNCc1cc(F)ccc1OCc1c(C)cccc1C. The molecular formula is C18H22FNO. The van der Waals surface area contributed by atoms with Gasteiger partial charge < -0.3 is 10.1 Å². The summed E-state index contributed by atoms with van der Waals surface area (Å²) in [5.41, 5.74) is 4.47. The van der Waals surface area contributed by atoms with Gasteiger partial charge in [-0.2, -0.15) is 0 Å². The van der Waals surface area contributed by atoms with Crippen LogP contribution in [0.25, 0.3) is 0 Å². The van der Waals surface area contributed by atoms with E-state index in [2.05, 4.69) is 31.3 Å². The van der Waals surface area contributed by atoms with Crippen LogP contribution in [0.1, 0.15) is 29.2 Å². The molecular weight excluding hydrogens is 265 g/mol. The third-order valence-corrected chi connectivity index (χ3v) is 3.60. The number of hydrogen-bond acceptors (Lipinski definition) is 2. The molecule has 0 saturated carbocycles. The van der Waals surface area contributed by atoms with Crippen LogP contribution in [0.5, 0.6) is 5.75 Å². The van der Waals surface area contributed by atoms with Gasteiger partial charge in [-0.15, -0.1) is 0 Å². The number of halogens is 1.